The Morgan fingerprint density at radius 1 is 1.60 bits per heavy atom. The third-order valence-electron chi connectivity index (χ3n) is 1.41. The third kappa shape index (κ3) is 5.76. The molecule has 0 bridgehead atoms. The lowest BCUT2D eigenvalue weighted by Crippen LogP contribution is -2.22. The molecule has 0 rings (SSSR count). The zero-order chi connectivity index (χ0) is 7.82. The van der Waals surface area contributed by atoms with Gasteiger partial charge in [-0.1, -0.05) is 20.3 Å². The largest absolute Gasteiger partial charge is 0.316 e. The van der Waals surface area contributed by atoms with E-state index in [9.17, 15) is 4.79 Å². The molecule has 1 N–H and O–H groups in total. The molecule has 0 fully saturated rings. The highest BCUT2D eigenvalue weighted by Crippen LogP contribution is 1.86. The fraction of sp³-hybridized carbons (Fsp3) is 0.875. The minimum absolute atomic E-state index is 0.164. The van der Waals surface area contributed by atoms with Crippen molar-refractivity contribution in [2.45, 2.75) is 26.7 Å². The van der Waals surface area contributed by atoms with E-state index in [1.807, 2.05) is 6.92 Å². The first-order valence-electron chi connectivity index (χ1n) is 3.97. The molecule has 2 nitrogen and oxygen atoms in total. The van der Waals surface area contributed by atoms with Crippen LogP contribution in [-0.4, -0.2) is 19.4 Å². The Hall–Kier alpha value is -0.370. The van der Waals surface area contributed by atoms with Crippen LogP contribution in [0.15, 0.2) is 0 Å². The van der Waals surface area contributed by atoms with Crippen molar-refractivity contribution in [1.29, 1.82) is 0 Å². The summed E-state index contributed by atoms with van der Waals surface area (Å²) in [5.74, 6) is 0.164. The Bertz CT molecular complexity index is 83.3. The number of carbonyl (C=O) groups excluding carboxylic acids is 1. The van der Waals surface area contributed by atoms with Crippen molar-refractivity contribution < 1.29 is 4.79 Å². The fourth-order valence-corrected chi connectivity index (χ4v) is 0.680. The van der Waals surface area contributed by atoms with Crippen molar-refractivity contribution in [3.63, 3.8) is 0 Å². The van der Waals surface area contributed by atoms with Gasteiger partial charge in [-0.25, -0.2) is 0 Å². The van der Waals surface area contributed by atoms with Gasteiger partial charge in [-0.3, -0.25) is 0 Å². The molecule has 2 heteroatoms. The monoisotopic (exact) mass is 143 g/mol. The molecule has 0 aliphatic heterocycles. The predicted molar refractivity (Wildman–Crippen MR) is 43.0 cm³/mol. The summed E-state index contributed by atoms with van der Waals surface area (Å²) in [6.07, 6.45) is 3.40. The second-order valence-electron chi connectivity index (χ2n) is 2.67. The van der Waals surface area contributed by atoms with E-state index in [0.29, 0.717) is 0 Å². The van der Waals surface area contributed by atoms with Crippen LogP contribution in [0.1, 0.15) is 26.7 Å². The third-order valence-corrected chi connectivity index (χ3v) is 1.41. The number of rotatable bonds is 6. The van der Waals surface area contributed by atoms with Gasteiger partial charge in [-0.05, 0) is 13.0 Å². The van der Waals surface area contributed by atoms with Gasteiger partial charge in [-0.2, -0.15) is 0 Å². The summed E-state index contributed by atoms with van der Waals surface area (Å²) in [6, 6.07) is 0. The maximum absolute atomic E-state index is 10.1. The van der Waals surface area contributed by atoms with Gasteiger partial charge < -0.3 is 10.1 Å². The zero-order valence-electron chi connectivity index (χ0n) is 6.89. The second-order valence-corrected chi connectivity index (χ2v) is 2.67. The first-order valence-corrected chi connectivity index (χ1v) is 3.97. The van der Waals surface area contributed by atoms with Crippen molar-refractivity contribution in [2.75, 3.05) is 13.1 Å². The van der Waals surface area contributed by atoms with E-state index in [1.165, 1.54) is 12.8 Å². The highest BCUT2D eigenvalue weighted by molar-refractivity contribution is 5.52. The van der Waals surface area contributed by atoms with Crippen LogP contribution in [0.4, 0.5) is 0 Å². The summed E-state index contributed by atoms with van der Waals surface area (Å²) < 4.78 is 0. The summed E-state index contributed by atoms with van der Waals surface area (Å²) in [7, 11) is 0. The van der Waals surface area contributed by atoms with Crippen LogP contribution in [0.25, 0.3) is 0 Å². The highest BCUT2D eigenvalue weighted by atomic mass is 16.1. The fourth-order valence-electron chi connectivity index (χ4n) is 0.680. The van der Waals surface area contributed by atoms with Gasteiger partial charge in [0.2, 0.25) is 0 Å². The van der Waals surface area contributed by atoms with E-state index in [0.717, 1.165) is 19.4 Å². The van der Waals surface area contributed by atoms with E-state index in [-0.39, 0.29) is 5.92 Å². The van der Waals surface area contributed by atoms with Crippen LogP contribution in [0, 0.1) is 5.92 Å². The molecule has 0 saturated heterocycles. The van der Waals surface area contributed by atoms with Gasteiger partial charge in [0.15, 0.2) is 0 Å². The van der Waals surface area contributed by atoms with E-state index in [2.05, 4.69) is 12.2 Å². The maximum atomic E-state index is 10.1. The van der Waals surface area contributed by atoms with E-state index in [4.69, 9.17) is 0 Å². The number of carbonyl (C=O) groups is 1. The van der Waals surface area contributed by atoms with Crippen LogP contribution in [-0.2, 0) is 4.79 Å². The predicted octanol–water partition coefficient (Wildman–Crippen LogP) is 1.21. The molecular weight excluding hydrogens is 126 g/mol. The Morgan fingerprint density at radius 2 is 2.30 bits per heavy atom. The van der Waals surface area contributed by atoms with Crippen LogP contribution >= 0.6 is 0 Å². The Labute approximate surface area is 63.0 Å². The maximum Gasteiger partial charge on any atom is 0.124 e. The zero-order valence-corrected chi connectivity index (χ0v) is 6.89. The number of hydrogen-bond donors (Lipinski definition) is 1. The minimum Gasteiger partial charge on any atom is -0.316 e. The molecule has 0 aliphatic rings. The lowest BCUT2D eigenvalue weighted by atomic mass is 10.2. The lowest BCUT2D eigenvalue weighted by Gasteiger charge is -2.04. The Morgan fingerprint density at radius 3 is 2.80 bits per heavy atom. The quantitative estimate of drug-likeness (QED) is 0.447. The van der Waals surface area contributed by atoms with E-state index < -0.39 is 0 Å². The minimum atomic E-state index is 0.164. The van der Waals surface area contributed by atoms with Crippen LogP contribution in [0.5, 0.6) is 0 Å². The molecule has 0 aromatic rings. The number of nitrogens with one attached hydrogen (secondary N) is 1. The summed E-state index contributed by atoms with van der Waals surface area (Å²) >= 11 is 0. The van der Waals surface area contributed by atoms with Crippen LogP contribution in [0.2, 0.25) is 0 Å². The molecular formula is C8H17NO. The van der Waals surface area contributed by atoms with E-state index >= 15 is 0 Å². The van der Waals surface area contributed by atoms with Gasteiger partial charge in [-0.15, -0.1) is 0 Å². The van der Waals surface area contributed by atoms with Gasteiger partial charge in [0, 0.05) is 12.5 Å². The molecule has 60 valence electrons. The molecule has 0 aromatic heterocycles. The molecule has 0 heterocycles. The number of aldehydes is 1. The van der Waals surface area contributed by atoms with Gasteiger partial charge in [0.25, 0.3) is 0 Å². The smallest absolute Gasteiger partial charge is 0.124 e. The molecule has 0 amide bonds. The molecule has 1 atom stereocenters. The van der Waals surface area contributed by atoms with Crippen molar-refractivity contribution in [1.82, 2.24) is 5.32 Å². The SMILES string of the molecule is CCCCNCC(C)C=O. The summed E-state index contributed by atoms with van der Waals surface area (Å²) in [5.41, 5.74) is 0. The van der Waals surface area contributed by atoms with Crippen LogP contribution in [0.3, 0.4) is 0 Å². The molecule has 10 heavy (non-hydrogen) atoms. The molecule has 0 aromatic carbocycles. The Kier molecular flexibility index (Phi) is 6.50. The van der Waals surface area contributed by atoms with Crippen molar-refractivity contribution in [3.05, 3.63) is 0 Å². The summed E-state index contributed by atoms with van der Waals surface area (Å²) in [4.78, 5) is 10.1. The number of unbranched alkanes of at least 4 members (excludes halogenated alkanes) is 1. The van der Waals surface area contributed by atoms with Crippen molar-refractivity contribution in [3.8, 4) is 0 Å². The summed E-state index contributed by atoms with van der Waals surface area (Å²) in [6.45, 7) is 5.94. The highest BCUT2D eigenvalue weighted by Gasteiger charge is 1.95. The lowest BCUT2D eigenvalue weighted by molar-refractivity contribution is -0.110. The first kappa shape index (κ1) is 9.63. The standard InChI is InChI=1S/C8H17NO/c1-3-4-5-9-6-8(2)7-10/h7-9H,3-6H2,1-2H3. The number of hydrogen-bond acceptors (Lipinski definition) is 2. The first-order chi connectivity index (χ1) is 4.81. The van der Waals surface area contributed by atoms with Gasteiger partial charge in [0.05, 0.1) is 0 Å². The molecule has 0 saturated carbocycles. The normalized spacial score (nSPS) is 13.0. The van der Waals surface area contributed by atoms with E-state index in [1.54, 1.807) is 0 Å². The average Bonchev–Trinajstić information content (AvgIpc) is 1.98. The second kappa shape index (κ2) is 6.75. The molecule has 0 radical (unpaired) electrons. The van der Waals surface area contributed by atoms with Crippen molar-refractivity contribution >= 4 is 6.29 Å². The topological polar surface area (TPSA) is 29.1 Å². The van der Waals surface area contributed by atoms with Crippen molar-refractivity contribution in [2.24, 2.45) is 5.92 Å². The summed E-state index contributed by atoms with van der Waals surface area (Å²) in [5, 5.41) is 3.21. The molecule has 1 unspecified atom stereocenters. The van der Waals surface area contributed by atoms with Gasteiger partial charge >= 0.3 is 0 Å². The Balaban J connectivity index is 2.95. The molecule has 0 aliphatic carbocycles. The van der Waals surface area contributed by atoms with Gasteiger partial charge in [0.1, 0.15) is 6.29 Å². The van der Waals surface area contributed by atoms with Crippen LogP contribution < -0.4 is 5.32 Å². The molecule has 0 spiro atoms. The average molecular weight is 143 g/mol.